The summed E-state index contributed by atoms with van der Waals surface area (Å²) in [5.41, 5.74) is 0.277. The average molecular weight is 196 g/mol. The summed E-state index contributed by atoms with van der Waals surface area (Å²) in [7, 11) is 0. The van der Waals surface area contributed by atoms with Gasteiger partial charge in [0.2, 0.25) is 0 Å². The summed E-state index contributed by atoms with van der Waals surface area (Å²) < 4.78 is 1.76. The van der Waals surface area contributed by atoms with Crippen molar-refractivity contribution < 1.29 is 14.5 Å². The topological polar surface area (TPSA) is 41.2 Å². The molecule has 0 unspecified atom stereocenters. The third kappa shape index (κ3) is 2.91. The van der Waals surface area contributed by atoms with Crippen LogP contribution in [0.3, 0.4) is 0 Å². The Morgan fingerprint density at radius 2 is 2.38 bits per heavy atom. The first-order valence-corrected chi connectivity index (χ1v) is 4.22. The van der Waals surface area contributed by atoms with Crippen LogP contribution < -0.4 is 4.57 Å². The molecule has 13 heavy (non-hydrogen) atoms. The van der Waals surface area contributed by atoms with Crippen molar-refractivity contribution in [3.05, 3.63) is 30.1 Å². The van der Waals surface area contributed by atoms with Crippen LogP contribution in [-0.4, -0.2) is 15.9 Å². The van der Waals surface area contributed by atoms with Crippen molar-refractivity contribution in [3.8, 4) is 0 Å². The predicted molar refractivity (Wildman–Crippen MR) is 51.9 cm³/mol. The summed E-state index contributed by atoms with van der Waals surface area (Å²) in [6, 6.07) is 3.25. The van der Waals surface area contributed by atoms with Crippen LogP contribution >= 0.6 is 12.2 Å². The fourth-order valence-corrected chi connectivity index (χ4v) is 1.15. The van der Waals surface area contributed by atoms with Gasteiger partial charge in [0.25, 0.3) is 0 Å². The zero-order valence-electron chi connectivity index (χ0n) is 7.23. The summed E-state index contributed by atoms with van der Waals surface area (Å²) in [5, 5.41) is 8.70. The lowest BCUT2D eigenvalue weighted by Gasteiger charge is -1.95. The summed E-state index contributed by atoms with van der Waals surface area (Å²) >= 11 is 4.92. The molecule has 1 rings (SSSR count). The Hall–Kier alpha value is -1.29. The molecule has 0 aliphatic rings. The minimum atomic E-state index is -0.920. The van der Waals surface area contributed by atoms with Gasteiger partial charge < -0.3 is 5.11 Å². The maximum Gasteiger partial charge on any atom is 0.341 e. The molecule has 4 heteroatoms. The predicted octanol–water partition coefficient (Wildman–Crippen LogP) is 1.06. The molecule has 3 nitrogen and oxygen atoms in total. The molecular formula is C9H10NO2S+. The third-order valence-corrected chi connectivity index (χ3v) is 1.64. The van der Waals surface area contributed by atoms with Crippen LogP contribution in [0.1, 0.15) is 17.3 Å². The summed E-state index contributed by atoms with van der Waals surface area (Å²) in [6.07, 6.45) is 3.36. The molecule has 0 aliphatic carbocycles. The van der Waals surface area contributed by atoms with E-state index >= 15 is 0 Å². The van der Waals surface area contributed by atoms with Crippen molar-refractivity contribution >= 4 is 23.1 Å². The zero-order chi connectivity index (χ0) is 9.84. The lowest BCUT2D eigenvalue weighted by Crippen LogP contribution is -2.36. The van der Waals surface area contributed by atoms with Crippen LogP contribution in [0, 0.1) is 0 Å². The van der Waals surface area contributed by atoms with E-state index in [0.29, 0.717) is 6.54 Å². The minimum Gasteiger partial charge on any atom is -0.477 e. The molecule has 1 N–H and O–H groups in total. The number of aromatic nitrogens is 1. The van der Waals surface area contributed by atoms with Gasteiger partial charge in [-0.15, -0.1) is 0 Å². The summed E-state index contributed by atoms with van der Waals surface area (Å²) in [4.78, 5) is 11.4. The second kappa shape index (κ2) is 4.09. The van der Waals surface area contributed by atoms with E-state index in [2.05, 4.69) is 0 Å². The van der Waals surface area contributed by atoms with Crippen LogP contribution in [0.2, 0.25) is 0 Å². The van der Waals surface area contributed by atoms with Gasteiger partial charge in [-0.3, -0.25) is 0 Å². The molecule has 0 radical (unpaired) electrons. The lowest BCUT2D eigenvalue weighted by molar-refractivity contribution is -0.681. The van der Waals surface area contributed by atoms with Gasteiger partial charge in [0.15, 0.2) is 18.9 Å². The van der Waals surface area contributed by atoms with Crippen molar-refractivity contribution in [1.29, 1.82) is 0 Å². The third-order valence-electron chi connectivity index (χ3n) is 1.51. The monoisotopic (exact) mass is 196 g/mol. The fraction of sp³-hybridized carbons (Fsp3) is 0.222. The van der Waals surface area contributed by atoms with Gasteiger partial charge in [0, 0.05) is 6.07 Å². The number of nitrogens with zero attached hydrogens (tertiary/aromatic N) is 1. The number of carboxylic acids is 1. The Morgan fingerprint density at radius 1 is 1.69 bits per heavy atom. The van der Waals surface area contributed by atoms with E-state index in [1.807, 2.05) is 6.92 Å². The van der Waals surface area contributed by atoms with Crippen molar-refractivity contribution in [1.82, 2.24) is 0 Å². The van der Waals surface area contributed by atoms with Gasteiger partial charge in [-0.05, 0) is 13.0 Å². The van der Waals surface area contributed by atoms with Gasteiger partial charge >= 0.3 is 5.97 Å². The highest BCUT2D eigenvalue weighted by Crippen LogP contribution is 1.93. The van der Waals surface area contributed by atoms with E-state index < -0.39 is 5.97 Å². The van der Waals surface area contributed by atoms with Crippen LogP contribution in [0.25, 0.3) is 0 Å². The number of thiocarbonyl (C=S) groups is 1. The second-order valence-electron chi connectivity index (χ2n) is 2.77. The minimum absolute atomic E-state index is 0.277. The van der Waals surface area contributed by atoms with Crippen LogP contribution in [0.5, 0.6) is 0 Å². The summed E-state index contributed by atoms with van der Waals surface area (Å²) in [6.45, 7) is 2.41. The van der Waals surface area contributed by atoms with E-state index in [1.54, 1.807) is 29.1 Å². The van der Waals surface area contributed by atoms with Crippen LogP contribution in [-0.2, 0) is 6.54 Å². The highest BCUT2D eigenvalue weighted by atomic mass is 32.1. The molecule has 1 aromatic rings. The number of hydrogen-bond acceptors (Lipinski definition) is 2. The van der Waals surface area contributed by atoms with Gasteiger partial charge in [-0.2, -0.15) is 4.57 Å². The number of pyridine rings is 1. The van der Waals surface area contributed by atoms with Crippen molar-refractivity contribution in [2.24, 2.45) is 0 Å². The molecule has 0 saturated heterocycles. The number of carbonyl (C=O) groups is 1. The van der Waals surface area contributed by atoms with Crippen molar-refractivity contribution in [2.45, 2.75) is 13.5 Å². The van der Waals surface area contributed by atoms with Crippen LogP contribution in [0.15, 0.2) is 24.5 Å². The van der Waals surface area contributed by atoms with Crippen LogP contribution in [0.4, 0.5) is 0 Å². The van der Waals surface area contributed by atoms with Gasteiger partial charge in [0.1, 0.15) is 5.56 Å². The molecule has 0 spiro atoms. The van der Waals surface area contributed by atoms with Gasteiger partial charge in [-0.25, -0.2) is 4.79 Å². The maximum atomic E-state index is 10.6. The molecule has 0 amide bonds. The van der Waals surface area contributed by atoms with E-state index in [1.165, 1.54) is 0 Å². The molecule has 0 aromatic carbocycles. The SMILES string of the molecule is CC(=S)C[n+]1cccc(C(=O)O)c1. The lowest BCUT2D eigenvalue weighted by atomic mass is 10.3. The molecule has 0 bridgehead atoms. The Labute approximate surface area is 81.6 Å². The zero-order valence-corrected chi connectivity index (χ0v) is 8.04. The fourth-order valence-electron chi connectivity index (χ4n) is 1.00. The summed E-state index contributed by atoms with van der Waals surface area (Å²) in [5.74, 6) is -0.920. The molecule has 1 heterocycles. The molecule has 0 fully saturated rings. The molecule has 1 aromatic heterocycles. The van der Waals surface area contributed by atoms with E-state index in [9.17, 15) is 4.79 Å². The number of hydrogen-bond donors (Lipinski definition) is 1. The Balaban J connectivity index is 2.91. The molecule has 68 valence electrons. The highest BCUT2D eigenvalue weighted by molar-refractivity contribution is 7.80. The normalized spacial score (nSPS) is 9.62. The van der Waals surface area contributed by atoms with E-state index in [0.717, 1.165) is 4.86 Å². The first kappa shape index (κ1) is 9.80. The molecule has 0 saturated carbocycles. The first-order valence-electron chi connectivity index (χ1n) is 3.81. The Morgan fingerprint density at radius 3 is 2.92 bits per heavy atom. The van der Waals surface area contributed by atoms with E-state index in [4.69, 9.17) is 17.3 Å². The van der Waals surface area contributed by atoms with Gasteiger partial charge in [-0.1, -0.05) is 12.2 Å². The Bertz CT molecular complexity index is 349. The van der Waals surface area contributed by atoms with E-state index in [-0.39, 0.29) is 5.56 Å². The number of rotatable bonds is 3. The molecule has 0 atom stereocenters. The maximum absolute atomic E-state index is 10.6. The molecule has 0 aliphatic heterocycles. The smallest absolute Gasteiger partial charge is 0.341 e. The number of carboxylic acid groups (broad SMARTS) is 1. The quantitative estimate of drug-likeness (QED) is 0.580. The standard InChI is InChI=1S/C9H9NO2S/c1-7(13)5-10-4-2-3-8(6-10)9(11)12/h2-4,6H,5H2,1H3/p+1. The van der Waals surface area contributed by atoms with Gasteiger partial charge in [0.05, 0.1) is 4.86 Å². The largest absolute Gasteiger partial charge is 0.477 e. The average Bonchev–Trinajstić information content (AvgIpc) is 2.03. The second-order valence-corrected chi connectivity index (χ2v) is 3.47. The highest BCUT2D eigenvalue weighted by Gasteiger charge is 2.08. The molecular weight excluding hydrogens is 186 g/mol. The first-order chi connectivity index (χ1) is 6.09. The van der Waals surface area contributed by atoms with Crippen molar-refractivity contribution in [2.75, 3.05) is 0 Å². The number of aromatic carboxylic acids is 1. The van der Waals surface area contributed by atoms with Crippen molar-refractivity contribution in [3.63, 3.8) is 0 Å². The Kier molecular flexibility index (Phi) is 3.08.